The molecule has 2 heterocycles. The van der Waals surface area contributed by atoms with Gasteiger partial charge in [-0.1, -0.05) is 0 Å². The molecule has 2 amide bonds. The first kappa shape index (κ1) is 15.8. The highest BCUT2D eigenvalue weighted by atomic mass is 32.2. The van der Waals surface area contributed by atoms with Crippen LogP contribution in [0.3, 0.4) is 0 Å². The number of thioether (sulfide) groups is 1. The zero-order chi connectivity index (χ0) is 15.2. The summed E-state index contributed by atoms with van der Waals surface area (Å²) in [6, 6.07) is 4.10. The number of nitrogens with zero attached hydrogens (tertiary/aromatic N) is 1. The van der Waals surface area contributed by atoms with Crippen LogP contribution in [-0.2, 0) is 16.1 Å². The van der Waals surface area contributed by atoms with E-state index < -0.39 is 12.3 Å². The highest BCUT2D eigenvalue weighted by Crippen LogP contribution is 2.10. The highest BCUT2D eigenvalue weighted by Gasteiger charge is 2.19. The lowest BCUT2D eigenvalue weighted by molar-refractivity contribution is -0.123. The van der Waals surface area contributed by atoms with Crippen molar-refractivity contribution in [1.82, 2.24) is 15.2 Å². The van der Waals surface area contributed by atoms with Crippen LogP contribution in [0.15, 0.2) is 12.1 Å². The van der Waals surface area contributed by atoms with E-state index in [1.807, 2.05) is 26.0 Å². The van der Waals surface area contributed by atoms with Crippen molar-refractivity contribution >= 4 is 23.8 Å². The predicted molar refractivity (Wildman–Crippen MR) is 82.3 cm³/mol. The molecule has 2 N–H and O–H groups in total. The molecule has 2 rings (SSSR count). The van der Waals surface area contributed by atoms with E-state index in [1.165, 1.54) is 0 Å². The Morgan fingerprint density at radius 1 is 1.48 bits per heavy atom. The molecule has 21 heavy (non-hydrogen) atoms. The second kappa shape index (κ2) is 7.40. The standard InChI is InChI=1S/C14H21N3O3S/c1-10-3-4-11(2)17(10)7-6-15-14(19)20-13-9-21-8-5-12(18)16-13/h3-4,13H,5-9H2,1-2H3,(H,15,19)(H,16,18). The summed E-state index contributed by atoms with van der Waals surface area (Å²) in [5.41, 5.74) is 2.32. The smallest absolute Gasteiger partial charge is 0.409 e. The molecule has 1 atom stereocenters. The van der Waals surface area contributed by atoms with Gasteiger partial charge in [0, 0.05) is 42.4 Å². The van der Waals surface area contributed by atoms with Gasteiger partial charge in [0.25, 0.3) is 0 Å². The maximum absolute atomic E-state index is 11.7. The van der Waals surface area contributed by atoms with Crippen molar-refractivity contribution in [2.24, 2.45) is 0 Å². The van der Waals surface area contributed by atoms with E-state index in [-0.39, 0.29) is 5.91 Å². The Labute approximate surface area is 128 Å². The van der Waals surface area contributed by atoms with Crippen LogP contribution in [0.2, 0.25) is 0 Å². The SMILES string of the molecule is Cc1ccc(C)n1CCNC(=O)OC1CSCCC(=O)N1. The van der Waals surface area contributed by atoms with Gasteiger partial charge in [-0.05, 0) is 26.0 Å². The minimum absolute atomic E-state index is 0.0728. The molecular formula is C14H21N3O3S. The topological polar surface area (TPSA) is 72.4 Å². The van der Waals surface area contributed by atoms with Crippen molar-refractivity contribution in [1.29, 1.82) is 0 Å². The molecule has 0 aromatic carbocycles. The molecule has 116 valence electrons. The molecule has 1 aliphatic rings. The second-order valence-electron chi connectivity index (χ2n) is 4.98. The van der Waals surface area contributed by atoms with Crippen LogP contribution in [0.1, 0.15) is 17.8 Å². The number of carbonyl (C=O) groups is 2. The largest absolute Gasteiger partial charge is 0.425 e. The van der Waals surface area contributed by atoms with E-state index in [2.05, 4.69) is 15.2 Å². The molecule has 1 aliphatic heterocycles. The highest BCUT2D eigenvalue weighted by molar-refractivity contribution is 7.99. The first-order chi connectivity index (χ1) is 10.1. The fraction of sp³-hybridized carbons (Fsp3) is 0.571. The Kier molecular flexibility index (Phi) is 5.55. The number of rotatable bonds is 4. The third-order valence-electron chi connectivity index (χ3n) is 3.34. The lowest BCUT2D eigenvalue weighted by Gasteiger charge is -2.17. The quantitative estimate of drug-likeness (QED) is 0.882. The number of aryl methyl sites for hydroxylation is 2. The molecule has 1 fully saturated rings. The molecule has 1 aromatic rings. The van der Waals surface area contributed by atoms with Gasteiger partial charge in [-0.2, -0.15) is 11.8 Å². The molecule has 7 heteroatoms. The van der Waals surface area contributed by atoms with Gasteiger partial charge >= 0.3 is 6.09 Å². The third-order valence-corrected chi connectivity index (χ3v) is 4.37. The Morgan fingerprint density at radius 3 is 2.90 bits per heavy atom. The van der Waals surface area contributed by atoms with Crippen molar-refractivity contribution < 1.29 is 14.3 Å². The molecule has 0 saturated carbocycles. The maximum Gasteiger partial charge on any atom is 0.409 e. The van der Waals surface area contributed by atoms with Crippen LogP contribution in [0.4, 0.5) is 4.79 Å². The van der Waals surface area contributed by atoms with Gasteiger partial charge in [-0.15, -0.1) is 0 Å². The normalized spacial score (nSPS) is 18.8. The minimum atomic E-state index is -0.542. The Bertz CT molecular complexity index is 496. The van der Waals surface area contributed by atoms with Gasteiger partial charge in [0.15, 0.2) is 6.23 Å². The average molecular weight is 311 g/mol. The Hall–Kier alpha value is -1.63. The van der Waals surface area contributed by atoms with E-state index in [4.69, 9.17) is 4.74 Å². The van der Waals surface area contributed by atoms with E-state index in [9.17, 15) is 9.59 Å². The second-order valence-corrected chi connectivity index (χ2v) is 6.13. The summed E-state index contributed by atoms with van der Waals surface area (Å²) in [7, 11) is 0. The third kappa shape index (κ3) is 4.70. The number of nitrogens with one attached hydrogen (secondary N) is 2. The summed E-state index contributed by atoms with van der Waals surface area (Å²) in [6.07, 6.45) is -0.566. The lowest BCUT2D eigenvalue weighted by atomic mass is 10.4. The van der Waals surface area contributed by atoms with Crippen LogP contribution in [0, 0.1) is 13.8 Å². The fourth-order valence-corrected chi connectivity index (χ4v) is 3.07. The molecule has 1 aromatic heterocycles. The van der Waals surface area contributed by atoms with Crippen molar-refractivity contribution in [2.75, 3.05) is 18.1 Å². The van der Waals surface area contributed by atoms with Gasteiger partial charge in [0.2, 0.25) is 5.91 Å². The lowest BCUT2D eigenvalue weighted by Crippen LogP contribution is -2.41. The van der Waals surface area contributed by atoms with Crippen molar-refractivity contribution in [3.05, 3.63) is 23.5 Å². The predicted octanol–water partition coefficient (Wildman–Crippen LogP) is 1.41. The molecule has 0 radical (unpaired) electrons. The van der Waals surface area contributed by atoms with Crippen LogP contribution in [0.25, 0.3) is 0 Å². The number of amides is 2. The van der Waals surface area contributed by atoms with Crippen LogP contribution in [-0.4, -0.2) is 40.8 Å². The number of carbonyl (C=O) groups excluding carboxylic acids is 2. The summed E-state index contributed by atoms with van der Waals surface area (Å²) in [4.78, 5) is 23.1. The maximum atomic E-state index is 11.7. The first-order valence-corrected chi connectivity index (χ1v) is 8.16. The Morgan fingerprint density at radius 2 is 2.19 bits per heavy atom. The Balaban J connectivity index is 1.73. The van der Waals surface area contributed by atoms with Crippen LogP contribution >= 0.6 is 11.8 Å². The number of hydrogen-bond acceptors (Lipinski definition) is 4. The zero-order valence-electron chi connectivity index (χ0n) is 12.3. The average Bonchev–Trinajstić information content (AvgIpc) is 2.63. The molecule has 0 spiro atoms. The monoisotopic (exact) mass is 311 g/mol. The fourth-order valence-electron chi connectivity index (χ4n) is 2.20. The van der Waals surface area contributed by atoms with Crippen LogP contribution < -0.4 is 10.6 Å². The number of alkyl carbamates (subject to hydrolysis) is 1. The molecule has 6 nitrogen and oxygen atoms in total. The summed E-state index contributed by atoms with van der Waals surface area (Å²) in [5, 5.41) is 5.40. The molecule has 0 aliphatic carbocycles. The van der Waals surface area contributed by atoms with Crippen molar-refractivity contribution in [3.63, 3.8) is 0 Å². The molecule has 1 saturated heterocycles. The molecule has 0 bridgehead atoms. The van der Waals surface area contributed by atoms with E-state index in [0.29, 0.717) is 25.3 Å². The van der Waals surface area contributed by atoms with Crippen molar-refractivity contribution in [3.8, 4) is 0 Å². The van der Waals surface area contributed by atoms with Gasteiger partial charge in [-0.3, -0.25) is 4.79 Å². The summed E-state index contributed by atoms with van der Waals surface area (Å²) in [5.74, 6) is 1.28. The zero-order valence-corrected chi connectivity index (χ0v) is 13.2. The summed E-state index contributed by atoms with van der Waals surface area (Å²) < 4.78 is 7.34. The van der Waals surface area contributed by atoms with Gasteiger partial charge in [0.1, 0.15) is 0 Å². The molecule has 1 unspecified atom stereocenters. The van der Waals surface area contributed by atoms with E-state index >= 15 is 0 Å². The van der Waals surface area contributed by atoms with Crippen molar-refractivity contribution in [2.45, 2.75) is 33.0 Å². The number of ether oxygens (including phenoxy) is 1. The number of aromatic nitrogens is 1. The van der Waals surface area contributed by atoms with Crippen LogP contribution in [0.5, 0.6) is 0 Å². The molecular weight excluding hydrogens is 290 g/mol. The summed E-state index contributed by atoms with van der Waals surface area (Å²) in [6.45, 7) is 5.25. The van der Waals surface area contributed by atoms with Gasteiger partial charge < -0.3 is 19.9 Å². The van der Waals surface area contributed by atoms with Gasteiger partial charge in [0.05, 0.1) is 0 Å². The minimum Gasteiger partial charge on any atom is -0.425 e. The number of hydrogen-bond donors (Lipinski definition) is 2. The van der Waals surface area contributed by atoms with Gasteiger partial charge in [-0.25, -0.2) is 4.79 Å². The van der Waals surface area contributed by atoms with E-state index in [1.54, 1.807) is 11.8 Å². The summed E-state index contributed by atoms with van der Waals surface area (Å²) >= 11 is 1.60. The first-order valence-electron chi connectivity index (χ1n) is 7.00. The van der Waals surface area contributed by atoms with E-state index in [0.717, 1.165) is 17.1 Å².